The number of rotatable bonds is 5. The van der Waals surface area contributed by atoms with E-state index in [4.69, 9.17) is 0 Å². The lowest BCUT2D eigenvalue weighted by Crippen LogP contribution is -2.50. The van der Waals surface area contributed by atoms with Crippen LogP contribution in [0.4, 0.5) is 30.5 Å². The summed E-state index contributed by atoms with van der Waals surface area (Å²) in [6, 6.07) is 3.55. The van der Waals surface area contributed by atoms with Gasteiger partial charge in [-0.05, 0) is 38.6 Å². The van der Waals surface area contributed by atoms with Gasteiger partial charge in [-0.1, -0.05) is 0 Å². The maximum atomic E-state index is 13.3. The molecule has 0 saturated carbocycles. The highest BCUT2D eigenvalue weighted by Crippen LogP contribution is 2.35. The Morgan fingerprint density at radius 2 is 1.97 bits per heavy atom. The van der Waals surface area contributed by atoms with Crippen LogP contribution in [0.15, 0.2) is 35.3 Å². The van der Waals surface area contributed by atoms with Crippen molar-refractivity contribution in [2.75, 3.05) is 36.9 Å². The number of aromatic amines is 1. The van der Waals surface area contributed by atoms with Crippen molar-refractivity contribution in [3.05, 3.63) is 62.1 Å². The molecular weight excluding hydrogens is 467 g/mol. The van der Waals surface area contributed by atoms with Gasteiger partial charge in [-0.2, -0.15) is 18.3 Å². The molecule has 1 aliphatic rings. The highest BCUT2D eigenvalue weighted by molar-refractivity contribution is 5.92. The average molecular weight is 491 g/mol. The molecule has 1 fully saturated rings. The number of hydrogen-bond donors (Lipinski definition) is 2. The first-order valence-corrected chi connectivity index (χ1v) is 10.9. The maximum absolute atomic E-state index is 13.3. The highest BCUT2D eigenvalue weighted by Gasteiger charge is 2.33. The zero-order chi connectivity index (χ0) is 25.5. The number of aromatic nitrogens is 3. The zero-order valence-corrected chi connectivity index (χ0v) is 19.3. The van der Waals surface area contributed by atoms with Gasteiger partial charge in [-0.3, -0.25) is 14.9 Å². The van der Waals surface area contributed by atoms with E-state index in [-0.39, 0.29) is 22.8 Å². The van der Waals surface area contributed by atoms with Gasteiger partial charge in [0.2, 0.25) is 0 Å². The first kappa shape index (κ1) is 24.4. The number of likely N-dealkylation sites (N-methyl/N-ethyl adjacent to an activating group) is 1. The smallest absolute Gasteiger partial charge is 0.362 e. The predicted octanol–water partition coefficient (Wildman–Crippen LogP) is 3.56. The van der Waals surface area contributed by atoms with Crippen molar-refractivity contribution in [3.63, 3.8) is 0 Å². The molecule has 0 amide bonds. The first-order chi connectivity index (χ1) is 16.4. The van der Waals surface area contributed by atoms with Gasteiger partial charge in [0.1, 0.15) is 5.82 Å². The minimum Gasteiger partial charge on any atom is -0.362 e. The predicted molar refractivity (Wildman–Crippen MR) is 125 cm³/mol. The number of H-pyrrole nitrogens is 1. The quantitative estimate of drug-likeness (QED) is 0.411. The minimum absolute atomic E-state index is 0.0506. The topological polar surface area (TPSA) is 120 Å². The largest absolute Gasteiger partial charge is 0.416 e. The van der Waals surface area contributed by atoms with Crippen LogP contribution in [0.3, 0.4) is 0 Å². The summed E-state index contributed by atoms with van der Waals surface area (Å²) in [4.78, 5) is 31.5. The Hall–Kier alpha value is -3.74. The summed E-state index contributed by atoms with van der Waals surface area (Å²) in [6.45, 7) is 6.04. The molecule has 35 heavy (non-hydrogen) atoms. The summed E-state index contributed by atoms with van der Waals surface area (Å²) in [5, 5.41) is 21.3. The van der Waals surface area contributed by atoms with Gasteiger partial charge in [0, 0.05) is 49.4 Å². The number of anilines is 2. The van der Waals surface area contributed by atoms with E-state index in [9.17, 15) is 28.1 Å². The molecule has 186 valence electrons. The number of nitro benzene ring substituents is 1. The molecular formula is C22H24F3N7O3. The van der Waals surface area contributed by atoms with Crippen molar-refractivity contribution in [3.8, 4) is 0 Å². The molecule has 13 heteroatoms. The molecule has 1 aromatic carbocycles. The van der Waals surface area contributed by atoms with E-state index < -0.39 is 34.0 Å². The van der Waals surface area contributed by atoms with Crippen molar-refractivity contribution in [2.24, 2.45) is 0 Å². The van der Waals surface area contributed by atoms with Crippen LogP contribution in [-0.2, 0) is 6.18 Å². The molecule has 2 atom stereocenters. The molecule has 3 heterocycles. The number of nitrogens with one attached hydrogen (secondary N) is 2. The van der Waals surface area contributed by atoms with Gasteiger partial charge in [-0.25, -0.2) is 10.1 Å². The second kappa shape index (κ2) is 9.13. The van der Waals surface area contributed by atoms with Crippen molar-refractivity contribution in [1.82, 2.24) is 20.1 Å². The number of non-ortho nitro benzene ring substituents is 1. The Morgan fingerprint density at radius 1 is 1.23 bits per heavy atom. The lowest BCUT2D eigenvalue weighted by molar-refractivity contribution is -0.385. The highest BCUT2D eigenvalue weighted by atomic mass is 19.4. The number of fused-ring (bicyclic) bond motifs is 1. The van der Waals surface area contributed by atoms with Gasteiger partial charge < -0.3 is 15.1 Å². The number of piperazine rings is 1. The third-order valence-corrected chi connectivity index (χ3v) is 6.11. The fraction of sp³-hybridized carbons (Fsp3) is 0.409. The lowest BCUT2D eigenvalue weighted by Gasteiger charge is -2.39. The van der Waals surface area contributed by atoms with Gasteiger partial charge in [0.15, 0.2) is 5.82 Å². The van der Waals surface area contributed by atoms with Crippen LogP contribution >= 0.6 is 0 Å². The van der Waals surface area contributed by atoms with Crippen LogP contribution in [-0.4, -0.2) is 57.7 Å². The van der Waals surface area contributed by atoms with Crippen molar-refractivity contribution < 1.29 is 18.1 Å². The Bertz CT molecular complexity index is 1330. The number of nitro groups is 1. The van der Waals surface area contributed by atoms with E-state index in [1.165, 1.54) is 6.20 Å². The van der Waals surface area contributed by atoms with Gasteiger partial charge >= 0.3 is 6.18 Å². The number of pyridine rings is 1. The summed E-state index contributed by atoms with van der Waals surface area (Å²) in [6.07, 6.45) is -3.30. The molecule has 4 rings (SSSR count). The molecule has 0 unspecified atom stereocenters. The maximum Gasteiger partial charge on any atom is 0.416 e. The summed E-state index contributed by atoms with van der Waals surface area (Å²) >= 11 is 0. The molecule has 10 nitrogen and oxygen atoms in total. The van der Waals surface area contributed by atoms with Crippen LogP contribution in [0.5, 0.6) is 0 Å². The molecule has 1 aliphatic heterocycles. The van der Waals surface area contributed by atoms with Crippen LogP contribution in [0, 0.1) is 10.1 Å². The molecule has 0 aliphatic carbocycles. The number of alkyl halides is 3. The van der Waals surface area contributed by atoms with Crippen LogP contribution in [0.2, 0.25) is 0 Å². The molecule has 2 aromatic heterocycles. The van der Waals surface area contributed by atoms with Crippen molar-refractivity contribution in [1.29, 1.82) is 0 Å². The normalized spacial score (nSPS) is 18.0. The Labute approximate surface area is 197 Å². The molecule has 2 N–H and O–H groups in total. The number of halogens is 3. The van der Waals surface area contributed by atoms with E-state index in [0.29, 0.717) is 17.3 Å². The number of hydrogen-bond acceptors (Lipinski definition) is 8. The van der Waals surface area contributed by atoms with E-state index >= 15 is 0 Å². The molecule has 0 bridgehead atoms. The fourth-order valence-electron chi connectivity index (χ4n) is 4.24. The second-order valence-corrected chi connectivity index (χ2v) is 8.73. The van der Waals surface area contributed by atoms with E-state index in [0.717, 1.165) is 31.8 Å². The third kappa shape index (κ3) is 5.04. The van der Waals surface area contributed by atoms with Gasteiger partial charge in [0.25, 0.3) is 11.2 Å². The third-order valence-electron chi connectivity index (χ3n) is 6.11. The number of benzene rings is 1. The second-order valence-electron chi connectivity index (χ2n) is 8.73. The van der Waals surface area contributed by atoms with E-state index in [2.05, 4.69) is 37.2 Å². The summed E-state index contributed by atoms with van der Waals surface area (Å²) in [5.41, 5.74) is -2.20. The zero-order valence-electron chi connectivity index (χ0n) is 19.3. The summed E-state index contributed by atoms with van der Waals surface area (Å²) in [5.74, 6) is 0.869. The van der Waals surface area contributed by atoms with E-state index in [1.807, 2.05) is 7.05 Å². The Kier molecular flexibility index (Phi) is 6.36. The van der Waals surface area contributed by atoms with Crippen molar-refractivity contribution >= 4 is 28.1 Å². The molecule has 0 spiro atoms. The SMILES string of the molecule is C[C@@H]1CN(C)CCN1c1cc2c(N[C@H](C)c3cc([N+](=O)[O-])cc(C(F)(F)F)c3)n[nH]c(=O)c2cn1. The monoisotopic (exact) mass is 491 g/mol. The standard InChI is InChI=1S/C22H24F3N7O3/c1-12-11-30(3)4-5-31(12)19-9-17-18(10-26-19)21(33)29-28-20(17)27-13(2)14-6-15(22(23,24)25)8-16(7-14)32(34)35/h6-10,12-13H,4-5,11H2,1-3H3,(H,27,28)(H,29,33)/t12-,13-/m1/s1. The fourth-order valence-corrected chi connectivity index (χ4v) is 4.24. The van der Waals surface area contributed by atoms with Crippen LogP contribution in [0.25, 0.3) is 10.8 Å². The van der Waals surface area contributed by atoms with Crippen molar-refractivity contribution in [2.45, 2.75) is 32.1 Å². The first-order valence-electron chi connectivity index (χ1n) is 10.9. The van der Waals surface area contributed by atoms with Crippen LogP contribution in [0.1, 0.15) is 31.0 Å². The molecule has 3 aromatic rings. The number of nitrogens with zero attached hydrogens (tertiary/aromatic N) is 5. The summed E-state index contributed by atoms with van der Waals surface area (Å²) < 4.78 is 40.0. The van der Waals surface area contributed by atoms with Gasteiger partial charge in [0.05, 0.1) is 21.9 Å². The average Bonchev–Trinajstić information content (AvgIpc) is 2.79. The molecule has 0 radical (unpaired) electrons. The Morgan fingerprint density at radius 3 is 2.63 bits per heavy atom. The van der Waals surface area contributed by atoms with Gasteiger partial charge in [-0.15, -0.1) is 0 Å². The summed E-state index contributed by atoms with van der Waals surface area (Å²) in [7, 11) is 2.03. The van der Waals surface area contributed by atoms with Crippen LogP contribution < -0.4 is 15.8 Å². The lowest BCUT2D eigenvalue weighted by atomic mass is 10.0. The minimum atomic E-state index is -4.75. The Balaban J connectivity index is 1.72. The molecule has 1 saturated heterocycles. The van der Waals surface area contributed by atoms with E-state index in [1.54, 1.807) is 13.0 Å².